The van der Waals surface area contributed by atoms with Crippen LogP contribution in [0.25, 0.3) is 0 Å². The average molecular weight is 290 g/mol. The van der Waals surface area contributed by atoms with E-state index < -0.39 is 11.5 Å². The normalized spacial score (nSPS) is 17.2. The molecule has 1 atom stereocenters. The van der Waals surface area contributed by atoms with Crippen LogP contribution >= 0.6 is 0 Å². The van der Waals surface area contributed by atoms with E-state index in [1.165, 1.54) is 16.8 Å². The Bertz CT molecular complexity index is 516. The summed E-state index contributed by atoms with van der Waals surface area (Å²) in [4.78, 5) is 13.8. The van der Waals surface area contributed by atoms with Gasteiger partial charge < -0.3 is 15.3 Å². The fourth-order valence-corrected chi connectivity index (χ4v) is 3.06. The fourth-order valence-electron chi connectivity index (χ4n) is 3.06. The van der Waals surface area contributed by atoms with Gasteiger partial charge in [0.2, 0.25) is 0 Å². The van der Waals surface area contributed by atoms with Crippen LogP contribution in [0.15, 0.2) is 18.2 Å². The predicted molar refractivity (Wildman–Crippen MR) is 86.0 cm³/mol. The van der Waals surface area contributed by atoms with Crippen LogP contribution < -0.4 is 10.2 Å². The van der Waals surface area contributed by atoms with Gasteiger partial charge in [0, 0.05) is 18.8 Å². The second-order valence-corrected chi connectivity index (χ2v) is 6.14. The van der Waals surface area contributed by atoms with Crippen molar-refractivity contribution < 1.29 is 9.90 Å². The zero-order chi connectivity index (χ0) is 15.5. The Morgan fingerprint density at radius 1 is 1.48 bits per heavy atom. The smallest absolute Gasteiger partial charge is 0.323 e. The van der Waals surface area contributed by atoms with E-state index in [9.17, 15) is 9.90 Å². The average Bonchev–Trinajstić information content (AvgIpc) is 2.44. The van der Waals surface area contributed by atoms with E-state index in [1.54, 1.807) is 6.92 Å². The second kappa shape index (κ2) is 6.48. The number of carboxylic acids is 1. The zero-order valence-corrected chi connectivity index (χ0v) is 13.3. The summed E-state index contributed by atoms with van der Waals surface area (Å²) in [7, 11) is 0. The molecule has 0 aliphatic carbocycles. The standard InChI is InChI=1S/C17H26N2O2/c1-4-18-17(3,16(20)21)9-11-19-10-5-6-14-12-13(2)7-8-15(14)19/h7-8,12,18H,4-6,9-11H2,1-3H3,(H,20,21). The summed E-state index contributed by atoms with van der Waals surface area (Å²) in [5.74, 6) is -0.773. The largest absolute Gasteiger partial charge is 0.480 e. The van der Waals surface area contributed by atoms with Crippen molar-refractivity contribution in [3.63, 3.8) is 0 Å². The summed E-state index contributed by atoms with van der Waals surface area (Å²) in [5.41, 5.74) is 3.10. The molecule has 0 spiro atoms. The molecule has 0 saturated heterocycles. The van der Waals surface area contributed by atoms with Crippen LogP contribution in [-0.4, -0.2) is 36.2 Å². The number of aryl methyl sites for hydroxylation is 2. The zero-order valence-electron chi connectivity index (χ0n) is 13.3. The molecule has 1 unspecified atom stereocenters. The number of fused-ring (bicyclic) bond motifs is 1. The molecule has 2 rings (SSSR count). The lowest BCUT2D eigenvalue weighted by Gasteiger charge is -2.34. The lowest BCUT2D eigenvalue weighted by Crippen LogP contribution is -2.51. The lowest BCUT2D eigenvalue weighted by molar-refractivity contribution is -0.144. The molecule has 1 aliphatic rings. The van der Waals surface area contributed by atoms with E-state index in [0.717, 1.165) is 25.9 Å². The molecule has 4 nitrogen and oxygen atoms in total. The van der Waals surface area contributed by atoms with Crippen molar-refractivity contribution in [2.75, 3.05) is 24.5 Å². The number of hydrogen-bond donors (Lipinski definition) is 2. The van der Waals surface area contributed by atoms with Gasteiger partial charge in [0.1, 0.15) is 5.54 Å². The van der Waals surface area contributed by atoms with Crippen molar-refractivity contribution in [2.24, 2.45) is 0 Å². The van der Waals surface area contributed by atoms with Gasteiger partial charge in [-0.2, -0.15) is 0 Å². The topological polar surface area (TPSA) is 52.6 Å². The third-order valence-electron chi connectivity index (χ3n) is 4.37. The summed E-state index contributed by atoms with van der Waals surface area (Å²) in [6.45, 7) is 8.28. The third-order valence-corrected chi connectivity index (χ3v) is 4.37. The minimum atomic E-state index is -0.850. The van der Waals surface area contributed by atoms with Gasteiger partial charge in [-0.25, -0.2) is 0 Å². The second-order valence-electron chi connectivity index (χ2n) is 6.14. The summed E-state index contributed by atoms with van der Waals surface area (Å²) in [6.07, 6.45) is 2.86. The minimum absolute atomic E-state index is 0.601. The van der Waals surface area contributed by atoms with Crippen LogP contribution in [0.1, 0.15) is 37.8 Å². The first-order valence-electron chi connectivity index (χ1n) is 7.79. The van der Waals surface area contributed by atoms with E-state index in [-0.39, 0.29) is 0 Å². The van der Waals surface area contributed by atoms with Crippen LogP contribution in [-0.2, 0) is 11.2 Å². The molecular weight excluding hydrogens is 264 g/mol. The molecule has 116 valence electrons. The number of carboxylic acid groups (broad SMARTS) is 1. The van der Waals surface area contributed by atoms with Gasteiger partial charge in [-0.3, -0.25) is 4.79 Å². The first kappa shape index (κ1) is 15.8. The van der Waals surface area contributed by atoms with Crippen molar-refractivity contribution in [1.82, 2.24) is 5.32 Å². The Balaban J connectivity index is 2.09. The highest BCUT2D eigenvalue weighted by molar-refractivity contribution is 5.78. The highest BCUT2D eigenvalue weighted by atomic mass is 16.4. The molecule has 0 radical (unpaired) electrons. The highest BCUT2D eigenvalue weighted by Gasteiger charge is 2.32. The molecule has 0 bridgehead atoms. The molecule has 21 heavy (non-hydrogen) atoms. The third kappa shape index (κ3) is 3.56. The number of nitrogens with zero attached hydrogens (tertiary/aromatic N) is 1. The van der Waals surface area contributed by atoms with Crippen LogP contribution in [0.4, 0.5) is 5.69 Å². The molecule has 0 fully saturated rings. The molecule has 1 aromatic rings. The molecule has 4 heteroatoms. The Labute approximate surface area is 127 Å². The molecule has 1 heterocycles. The van der Waals surface area contributed by atoms with Gasteiger partial charge in [0.15, 0.2) is 0 Å². The van der Waals surface area contributed by atoms with Crippen molar-refractivity contribution in [1.29, 1.82) is 0 Å². The summed E-state index contributed by atoms with van der Waals surface area (Å²) >= 11 is 0. The van der Waals surface area contributed by atoms with E-state index in [4.69, 9.17) is 0 Å². The SMILES string of the molecule is CCNC(C)(CCN1CCCc2cc(C)ccc21)C(=O)O. The number of benzene rings is 1. The van der Waals surface area contributed by atoms with Gasteiger partial charge in [-0.15, -0.1) is 0 Å². The van der Waals surface area contributed by atoms with Crippen molar-refractivity contribution in [2.45, 2.75) is 45.6 Å². The van der Waals surface area contributed by atoms with Gasteiger partial charge in [0.05, 0.1) is 0 Å². The predicted octanol–water partition coefficient (Wildman–Crippen LogP) is 2.59. The number of likely N-dealkylation sites (N-methyl/N-ethyl adjacent to an activating group) is 1. The van der Waals surface area contributed by atoms with Gasteiger partial charge in [-0.1, -0.05) is 24.6 Å². The fraction of sp³-hybridized carbons (Fsp3) is 0.588. The molecule has 1 aromatic carbocycles. The highest BCUT2D eigenvalue weighted by Crippen LogP contribution is 2.28. The number of carbonyl (C=O) groups is 1. The molecule has 2 N–H and O–H groups in total. The molecule has 0 aromatic heterocycles. The maximum absolute atomic E-state index is 11.5. The minimum Gasteiger partial charge on any atom is -0.480 e. The molecular formula is C17H26N2O2. The number of aliphatic carboxylic acids is 1. The van der Waals surface area contributed by atoms with Crippen molar-refractivity contribution in [3.05, 3.63) is 29.3 Å². The molecule has 0 amide bonds. The van der Waals surface area contributed by atoms with Crippen LogP contribution in [0.2, 0.25) is 0 Å². The Hall–Kier alpha value is -1.55. The Morgan fingerprint density at radius 3 is 2.90 bits per heavy atom. The summed E-state index contributed by atoms with van der Waals surface area (Å²) < 4.78 is 0. The van der Waals surface area contributed by atoms with E-state index >= 15 is 0 Å². The van der Waals surface area contributed by atoms with Crippen molar-refractivity contribution in [3.8, 4) is 0 Å². The van der Waals surface area contributed by atoms with Gasteiger partial charge in [0.25, 0.3) is 0 Å². The van der Waals surface area contributed by atoms with Crippen LogP contribution in [0, 0.1) is 6.92 Å². The van der Waals surface area contributed by atoms with Gasteiger partial charge in [-0.05, 0) is 51.3 Å². The summed E-state index contributed by atoms with van der Waals surface area (Å²) in [6, 6.07) is 6.56. The Kier molecular flexibility index (Phi) is 4.88. The number of rotatable bonds is 6. The Morgan fingerprint density at radius 2 is 2.24 bits per heavy atom. The first-order valence-corrected chi connectivity index (χ1v) is 7.79. The molecule has 0 saturated carbocycles. The number of nitrogens with one attached hydrogen (secondary N) is 1. The first-order chi connectivity index (χ1) is 9.96. The quantitative estimate of drug-likeness (QED) is 0.845. The van der Waals surface area contributed by atoms with Gasteiger partial charge >= 0.3 is 5.97 Å². The maximum Gasteiger partial charge on any atom is 0.323 e. The van der Waals surface area contributed by atoms with E-state index in [2.05, 4.69) is 35.3 Å². The monoisotopic (exact) mass is 290 g/mol. The lowest BCUT2D eigenvalue weighted by atomic mass is 9.95. The van der Waals surface area contributed by atoms with Crippen LogP contribution in [0.5, 0.6) is 0 Å². The molecule has 1 aliphatic heterocycles. The van der Waals surface area contributed by atoms with Crippen LogP contribution in [0.3, 0.4) is 0 Å². The summed E-state index contributed by atoms with van der Waals surface area (Å²) in [5, 5.41) is 12.5. The van der Waals surface area contributed by atoms with E-state index in [0.29, 0.717) is 13.0 Å². The van der Waals surface area contributed by atoms with E-state index in [1.807, 2.05) is 6.92 Å². The maximum atomic E-state index is 11.5. The number of hydrogen-bond acceptors (Lipinski definition) is 3. The van der Waals surface area contributed by atoms with Crippen molar-refractivity contribution >= 4 is 11.7 Å². The number of anilines is 1.